The van der Waals surface area contributed by atoms with Crippen LogP contribution in [0.2, 0.25) is 0 Å². The third kappa shape index (κ3) is 10.8. The summed E-state index contributed by atoms with van der Waals surface area (Å²) in [6, 6.07) is 0. The zero-order valence-corrected chi connectivity index (χ0v) is 12.4. The fraction of sp³-hybridized carbons (Fsp3) is 1.00. The molecular weight excluding hydrogens is 216 g/mol. The maximum Gasteiger partial charge on any atom is 0.0107 e. The van der Waals surface area contributed by atoms with Gasteiger partial charge in [-0.3, -0.25) is 0 Å². The van der Waals surface area contributed by atoms with Gasteiger partial charge in [0, 0.05) is 25.4 Å². The molecule has 0 aromatic carbocycles. The number of rotatable bonds is 11. The van der Waals surface area contributed by atoms with Gasteiger partial charge < -0.3 is 10.2 Å². The van der Waals surface area contributed by atoms with Crippen LogP contribution in [0, 0.1) is 5.92 Å². The Bertz CT molecular complexity index is 136. The lowest BCUT2D eigenvalue weighted by Gasteiger charge is -2.17. The quantitative estimate of drug-likeness (QED) is 0.564. The van der Waals surface area contributed by atoms with Crippen molar-refractivity contribution in [2.45, 2.75) is 34.1 Å². The Morgan fingerprint density at radius 1 is 1.06 bits per heavy atom. The molecule has 0 saturated heterocycles. The first-order valence-corrected chi connectivity index (χ1v) is 7.87. The lowest BCUT2D eigenvalue weighted by Crippen LogP contribution is -2.32. The van der Waals surface area contributed by atoms with Gasteiger partial charge in [-0.05, 0) is 31.2 Å². The van der Waals surface area contributed by atoms with E-state index in [1.807, 2.05) is 0 Å². The fourth-order valence-corrected chi connectivity index (χ4v) is 2.60. The second kappa shape index (κ2) is 11.7. The maximum atomic E-state index is 3.51. The number of hydrogen-bond acceptors (Lipinski definition) is 3. The van der Waals surface area contributed by atoms with Crippen LogP contribution >= 0.6 is 11.8 Å². The zero-order valence-electron chi connectivity index (χ0n) is 11.6. The molecule has 0 aliphatic carbocycles. The third-order valence-corrected chi connectivity index (χ3v) is 3.78. The standard InChI is InChI=1S/C13H30N2S/c1-5-15(6-2)10-8-14-9-12-16-11-7-13(3)4/h13-14H,5-12H2,1-4H3. The van der Waals surface area contributed by atoms with E-state index in [0.29, 0.717) is 0 Å². The minimum atomic E-state index is 0.850. The highest BCUT2D eigenvalue weighted by Crippen LogP contribution is 2.07. The van der Waals surface area contributed by atoms with Gasteiger partial charge in [-0.2, -0.15) is 11.8 Å². The smallest absolute Gasteiger partial charge is 0.0107 e. The molecule has 0 unspecified atom stereocenters. The van der Waals surface area contributed by atoms with Crippen molar-refractivity contribution < 1.29 is 0 Å². The second-order valence-corrected chi connectivity index (χ2v) is 5.80. The van der Waals surface area contributed by atoms with Crippen LogP contribution in [-0.4, -0.2) is 49.1 Å². The molecule has 0 rings (SSSR count). The topological polar surface area (TPSA) is 15.3 Å². The van der Waals surface area contributed by atoms with Gasteiger partial charge in [-0.1, -0.05) is 27.7 Å². The summed E-state index contributed by atoms with van der Waals surface area (Å²) in [4.78, 5) is 2.46. The Kier molecular flexibility index (Phi) is 11.9. The molecule has 16 heavy (non-hydrogen) atoms. The minimum Gasteiger partial charge on any atom is -0.315 e. The van der Waals surface area contributed by atoms with Gasteiger partial charge in [0.2, 0.25) is 0 Å². The van der Waals surface area contributed by atoms with E-state index in [1.54, 1.807) is 0 Å². The van der Waals surface area contributed by atoms with Crippen LogP contribution in [-0.2, 0) is 0 Å². The first-order chi connectivity index (χ1) is 7.70. The highest BCUT2D eigenvalue weighted by molar-refractivity contribution is 7.99. The first kappa shape index (κ1) is 16.3. The van der Waals surface area contributed by atoms with Crippen LogP contribution in [0.1, 0.15) is 34.1 Å². The molecular formula is C13H30N2S. The summed E-state index contributed by atoms with van der Waals surface area (Å²) in [5, 5.41) is 3.51. The summed E-state index contributed by atoms with van der Waals surface area (Å²) in [5.41, 5.74) is 0. The molecule has 0 aliphatic heterocycles. The number of thioether (sulfide) groups is 1. The molecule has 0 aromatic rings. The molecule has 3 heteroatoms. The average Bonchev–Trinajstić information content (AvgIpc) is 2.27. The molecule has 98 valence electrons. The molecule has 1 N–H and O–H groups in total. The van der Waals surface area contributed by atoms with Crippen molar-refractivity contribution in [3.63, 3.8) is 0 Å². The van der Waals surface area contributed by atoms with Gasteiger partial charge in [0.25, 0.3) is 0 Å². The first-order valence-electron chi connectivity index (χ1n) is 6.71. The molecule has 0 saturated carbocycles. The van der Waals surface area contributed by atoms with E-state index in [0.717, 1.165) is 19.0 Å². The van der Waals surface area contributed by atoms with Crippen molar-refractivity contribution in [2.24, 2.45) is 5.92 Å². The zero-order chi connectivity index (χ0) is 12.2. The summed E-state index contributed by atoms with van der Waals surface area (Å²) >= 11 is 2.08. The summed E-state index contributed by atoms with van der Waals surface area (Å²) in [7, 11) is 0. The summed E-state index contributed by atoms with van der Waals surface area (Å²) < 4.78 is 0. The molecule has 0 bridgehead atoms. The highest BCUT2D eigenvalue weighted by atomic mass is 32.2. The highest BCUT2D eigenvalue weighted by Gasteiger charge is 1.97. The van der Waals surface area contributed by atoms with Gasteiger partial charge >= 0.3 is 0 Å². The van der Waals surface area contributed by atoms with Gasteiger partial charge in [-0.25, -0.2) is 0 Å². The number of likely N-dealkylation sites (N-methyl/N-ethyl adjacent to an activating group) is 1. The van der Waals surface area contributed by atoms with E-state index >= 15 is 0 Å². The predicted molar refractivity (Wildman–Crippen MR) is 77.4 cm³/mol. The van der Waals surface area contributed by atoms with Crippen LogP contribution in [0.5, 0.6) is 0 Å². The van der Waals surface area contributed by atoms with E-state index < -0.39 is 0 Å². The van der Waals surface area contributed by atoms with E-state index in [2.05, 4.69) is 49.7 Å². The molecule has 0 atom stereocenters. The van der Waals surface area contributed by atoms with Gasteiger partial charge in [0.1, 0.15) is 0 Å². The number of nitrogens with zero attached hydrogens (tertiary/aromatic N) is 1. The van der Waals surface area contributed by atoms with E-state index in [4.69, 9.17) is 0 Å². The normalized spacial score (nSPS) is 11.6. The summed E-state index contributed by atoms with van der Waals surface area (Å²) in [6.45, 7) is 14.9. The maximum absolute atomic E-state index is 3.51. The lowest BCUT2D eigenvalue weighted by molar-refractivity contribution is 0.303. The van der Waals surface area contributed by atoms with Crippen LogP contribution < -0.4 is 5.32 Å². The Hall–Kier alpha value is 0.270. The van der Waals surface area contributed by atoms with Crippen LogP contribution in [0.15, 0.2) is 0 Å². The number of hydrogen-bond donors (Lipinski definition) is 1. The SMILES string of the molecule is CCN(CC)CCNCCSCCC(C)C. The summed E-state index contributed by atoms with van der Waals surface area (Å²) in [5.74, 6) is 3.42. The fourth-order valence-electron chi connectivity index (χ4n) is 1.47. The van der Waals surface area contributed by atoms with Crippen molar-refractivity contribution in [3.05, 3.63) is 0 Å². The van der Waals surface area contributed by atoms with Gasteiger partial charge in [0.15, 0.2) is 0 Å². The van der Waals surface area contributed by atoms with Crippen LogP contribution in [0.3, 0.4) is 0 Å². The molecule has 0 radical (unpaired) electrons. The minimum absolute atomic E-state index is 0.850. The van der Waals surface area contributed by atoms with Gasteiger partial charge in [0.05, 0.1) is 0 Å². The Morgan fingerprint density at radius 2 is 1.75 bits per heavy atom. The van der Waals surface area contributed by atoms with Crippen LogP contribution in [0.25, 0.3) is 0 Å². The van der Waals surface area contributed by atoms with Crippen molar-refractivity contribution >= 4 is 11.8 Å². The average molecular weight is 246 g/mol. The summed E-state index contributed by atoms with van der Waals surface area (Å²) in [6.07, 6.45) is 1.35. The van der Waals surface area contributed by atoms with Crippen molar-refractivity contribution in [2.75, 3.05) is 44.2 Å². The largest absolute Gasteiger partial charge is 0.315 e. The van der Waals surface area contributed by atoms with E-state index in [9.17, 15) is 0 Å². The predicted octanol–water partition coefficient (Wildman–Crippen LogP) is 2.70. The molecule has 0 spiro atoms. The van der Waals surface area contributed by atoms with Crippen molar-refractivity contribution in [1.29, 1.82) is 0 Å². The van der Waals surface area contributed by atoms with Gasteiger partial charge in [-0.15, -0.1) is 0 Å². The van der Waals surface area contributed by atoms with Crippen molar-refractivity contribution in [3.8, 4) is 0 Å². The Balaban J connectivity index is 3.09. The molecule has 0 aromatic heterocycles. The molecule has 0 amide bonds. The Labute approximate surface area is 107 Å². The monoisotopic (exact) mass is 246 g/mol. The Morgan fingerprint density at radius 3 is 2.31 bits per heavy atom. The van der Waals surface area contributed by atoms with E-state index in [-0.39, 0.29) is 0 Å². The van der Waals surface area contributed by atoms with Crippen LogP contribution in [0.4, 0.5) is 0 Å². The second-order valence-electron chi connectivity index (χ2n) is 4.57. The van der Waals surface area contributed by atoms with Crippen molar-refractivity contribution in [1.82, 2.24) is 10.2 Å². The third-order valence-electron chi connectivity index (χ3n) is 2.76. The van der Waals surface area contributed by atoms with E-state index in [1.165, 1.54) is 37.6 Å². The molecule has 0 fully saturated rings. The molecule has 2 nitrogen and oxygen atoms in total. The molecule has 0 heterocycles. The molecule has 0 aliphatic rings. The number of nitrogens with one attached hydrogen (secondary N) is 1. The lowest BCUT2D eigenvalue weighted by atomic mass is 10.2.